The lowest BCUT2D eigenvalue weighted by molar-refractivity contribution is 0.595. The highest BCUT2D eigenvalue weighted by molar-refractivity contribution is 7.93. The first-order valence-corrected chi connectivity index (χ1v) is 13.1. The molecule has 0 radical (unpaired) electrons. The molecule has 0 unspecified atom stereocenters. The van der Waals surface area contributed by atoms with Crippen LogP contribution in [0, 0.1) is 0 Å². The SMILES string of the molecule is O=S(=O)(Nc1nccs1)c1ccc(N2CC[C@@H](N3CCCc4cc(Cl)ccc43)C2)cc1.[HH]. The van der Waals surface area contributed by atoms with Gasteiger partial charge in [-0.3, -0.25) is 4.72 Å². The number of thiazole rings is 1. The van der Waals surface area contributed by atoms with Crippen LogP contribution in [0.4, 0.5) is 16.5 Å². The Balaban J connectivity index is 0.00000245. The third-order valence-corrected chi connectivity index (χ3v) is 8.37. The molecule has 3 aromatic rings. The van der Waals surface area contributed by atoms with Gasteiger partial charge in [-0.05, 0) is 67.3 Å². The van der Waals surface area contributed by atoms with Gasteiger partial charge in [0.1, 0.15) is 0 Å². The van der Waals surface area contributed by atoms with E-state index >= 15 is 0 Å². The summed E-state index contributed by atoms with van der Waals surface area (Å²) < 4.78 is 27.6. The lowest BCUT2D eigenvalue weighted by Crippen LogP contribution is -2.41. The Kier molecular flexibility index (Phi) is 5.54. The molecule has 0 amide bonds. The summed E-state index contributed by atoms with van der Waals surface area (Å²) in [5.41, 5.74) is 3.68. The molecule has 1 fully saturated rings. The van der Waals surface area contributed by atoms with Crippen LogP contribution in [0.15, 0.2) is 58.9 Å². The third-order valence-electron chi connectivity index (χ3n) is 5.97. The molecular weight excluding hydrogens is 452 g/mol. The van der Waals surface area contributed by atoms with Crippen LogP contribution in [-0.2, 0) is 16.4 Å². The van der Waals surface area contributed by atoms with Crippen LogP contribution < -0.4 is 14.5 Å². The van der Waals surface area contributed by atoms with E-state index < -0.39 is 10.0 Å². The van der Waals surface area contributed by atoms with Gasteiger partial charge in [0.15, 0.2) is 5.13 Å². The Labute approximate surface area is 193 Å². The highest BCUT2D eigenvalue weighted by Crippen LogP contribution is 2.34. The van der Waals surface area contributed by atoms with Gasteiger partial charge in [-0.1, -0.05) is 11.6 Å². The largest absolute Gasteiger partial charge is 0.369 e. The number of halogens is 1. The summed E-state index contributed by atoms with van der Waals surface area (Å²) in [5.74, 6) is 0. The molecule has 1 saturated heterocycles. The standard InChI is InChI=1S/C22H23ClN4O2S2.H2/c23-17-3-8-21-16(14-17)2-1-11-27(21)19-9-12-26(15-19)18-4-6-20(7-5-18)31(28,29)25-22-24-10-13-30-22;/h3-8,10,13-14,19H,1-2,9,11-12,15H2,(H,24,25);1H/t19-;/m1./s1. The summed E-state index contributed by atoms with van der Waals surface area (Å²) in [5, 5.41) is 2.91. The molecule has 9 heteroatoms. The molecule has 0 aliphatic carbocycles. The highest BCUT2D eigenvalue weighted by atomic mass is 35.5. The van der Waals surface area contributed by atoms with Gasteiger partial charge in [0, 0.05) is 55.1 Å². The van der Waals surface area contributed by atoms with Gasteiger partial charge in [0.2, 0.25) is 0 Å². The fraction of sp³-hybridized carbons (Fsp3) is 0.318. The maximum atomic E-state index is 12.6. The van der Waals surface area contributed by atoms with Crippen molar-refractivity contribution in [3.05, 3.63) is 64.6 Å². The number of hydrogen-bond acceptors (Lipinski definition) is 6. The molecule has 0 spiro atoms. The zero-order valence-corrected chi connectivity index (χ0v) is 19.3. The molecule has 3 heterocycles. The van der Waals surface area contributed by atoms with Gasteiger partial charge < -0.3 is 9.80 Å². The second-order valence-electron chi connectivity index (χ2n) is 7.90. The summed E-state index contributed by atoms with van der Waals surface area (Å²) in [6.45, 7) is 2.94. The van der Waals surface area contributed by atoms with Gasteiger partial charge in [-0.2, -0.15) is 0 Å². The molecule has 1 aromatic heterocycles. The maximum absolute atomic E-state index is 12.6. The first-order chi connectivity index (χ1) is 15.0. The minimum atomic E-state index is -3.63. The van der Waals surface area contributed by atoms with Crippen LogP contribution in [0.1, 0.15) is 19.8 Å². The number of nitrogens with zero attached hydrogens (tertiary/aromatic N) is 3. The lowest BCUT2D eigenvalue weighted by atomic mass is 9.99. The number of anilines is 3. The van der Waals surface area contributed by atoms with E-state index in [9.17, 15) is 8.42 Å². The second-order valence-corrected chi connectivity index (χ2v) is 10.9. The molecule has 0 saturated carbocycles. The zero-order valence-electron chi connectivity index (χ0n) is 16.9. The predicted molar refractivity (Wildman–Crippen MR) is 129 cm³/mol. The van der Waals surface area contributed by atoms with Crippen LogP contribution in [0.2, 0.25) is 5.02 Å². The number of sulfonamides is 1. The van der Waals surface area contributed by atoms with Gasteiger partial charge in [-0.25, -0.2) is 13.4 Å². The van der Waals surface area contributed by atoms with E-state index in [2.05, 4.69) is 31.6 Å². The summed E-state index contributed by atoms with van der Waals surface area (Å²) in [6, 6.07) is 13.8. The number of hydrogen-bond donors (Lipinski definition) is 1. The van der Waals surface area contributed by atoms with E-state index in [-0.39, 0.29) is 6.32 Å². The second kappa shape index (κ2) is 8.33. The number of aromatic nitrogens is 1. The number of rotatable bonds is 5. The van der Waals surface area contributed by atoms with Crippen LogP contribution in [0.25, 0.3) is 0 Å². The van der Waals surface area contributed by atoms with E-state index in [0.29, 0.717) is 11.2 Å². The molecule has 2 aromatic carbocycles. The lowest BCUT2D eigenvalue weighted by Gasteiger charge is -2.36. The Morgan fingerprint density at radius 2 is 2.00 bits per heavy atom. The third kappa shape index (κ3) is 4.24. The molecule has 0 bridgehead atoms. The van der Waals surface area contributed by atoms with Crippen LogP contribution in [0.3, 0.4) is 0 Å². The van der Waals surface area contributed by atoms with Crippen molar-refractivity contribution in [2.75, 3.05) is 34.2 Å². The quantitative estimate of drug-likeness (QED) is 0.568. The Morgan fingerprint density at radius 1 is 1.16 bits per heavy atom. The minimum Gasteiger partial charge on any atom is -0.369 e. The average molecular weight is 477 g/mol. The minimum absolute atomic E-state index is 0. The van der Waals surface area contributed by atoms with Gasteiger partial charge in [-0.15, -0.1) is 11.3 Å². The van der Waals surface area contributed by atoms with E-state index in [1.54, 1.807) is 23.7 Å². The molecule has 2 aliphatic heterocycles. The van der Waals surface area contributed by atoms with Crippen molar-refractivity contribution in [1.82, 2.24) is 4.98 Å². The summed E-state index contributed by atoms with van der Waals surface area (Å²) in [4.78, 5) is 9.08. The number of fused-ring (bicyclic) bond motifs is 1. The molecule has 164 valence electrons. The topological polar surface area (TPSA) is 65.5 Å². The van der Waals surface area contributed by atoms with Crippen LogP contribution in [-0.4, -0.2) is 39.1 Å². The predicted octanol–water partition coefficient (Wildman–Crippen LogP) is 4.87. The van der Waals surface area contributed by atoms with E-state index in [1.807, 2.05) is 18.2 Å². The average Bonchev–Trinajstić information content (AvgIpc) is 3.45. The monoisotopic (exact) mass is 476 g/mol. The Morgan fingerprint density at radius 3 is 2.77 bits per heavy atom. The smallest absolute Gasteiger partial charge is 0.263 e. The van der Waals surface area contributed by atoms with Gasteiger partial charge >= 0.3 is 0 Å². The molecule has 2 aliphatic rings. The summed E-state index contributed by atoms with van der Waals surface area (Å²) >= 11 is 7.45. The molecule has 31 heavy (non-hydrogen) atoms. The summed E-state index contributed by atoms with van der Waals surface area (Å²) in [6.07, 6.45) is 4.87. The summed E-state index contributed by atoms with van der Waals surface area (Å²) in [7, 11) is -3.63. The highest BCUT2D eigenvalue weighted by Gasteiger charge is 2.31. The first-order valence-electron chi connectivity index (χ1n) is 10.3. The normalized spacial score (nSPS) is 18.8. The fourth-order valence-electron chi connectivity index (χ4n) is 4.49. The Hall–Kier alpha value is -2.29. The number of aryl methyl sites for hydroxylation is 1. The maximum Gasteiger partial charge on any atom is 0.263 e. The zero-order chi connectivity index (χ0) is 21.4. The molecule has 1 atom stereocenters. The van der Waals surface area contributed by atoms with E-state index in [4.69, 9.17) is 11.6 Å². The molecule has 6 nitrogen and oxygen atoms in total. The number of nitrogens with one attached hydrogen (secondary N) is 1. The first kappa shape index (κ1) is 20.6. The van der Waals surface area contributed by atoms with Crippen molar-refractivity contribution in [2.45, 2.75) is 30.2 Å². The van der Waals surface area contributed by atoms with Crippen molar-refractivity contribution in [2.24, 2.45) is 0 Å². The Bertz CT molecular complexity index is 1170. The van der Waals surface area contributed by atoms with E-state index in [1.165, 1.54) is 22.6 Å². The van der Waals surface area contributed by atoms with Gasteiger partial charge in [0.05, 0.1) is 4.90 Å². The van der Waals surface area contributed by atoms with Crippen LogP contribution >= 0.6 is 22.9 Å². The fourth-order valence-corrected chi connectivity index (χ4v) is 6.47. The van der Waals surface area contributed by atoms with Crippen molar-refractivity contribution in [3.8, 4) is 0 Å². The van der Waals surface area contributed by atoms with Crippen molar-refractivity contribution < 1.29 is 9.84 Å². The van der Waals surface area contributed by atoms with Crippen molar-refractivity contribution in [1.29, 1.82) is 0 Å². The number of benzene rings is 2. The van der Waals surface area contributed by atoms with Crippen molar-refractivity contribution >= 4 is 49.5 Å². The van der Waals surface area contributed by atoms with Crippen molar-refractivity contribution in [3.63, 3.8) is 0 Å². The van der Waals surface area contributed by atoms with Gasteiger partial charge in [0.25, 0.3) is 10.0 Å². The van der Waals surface area contributed by atoms with Crippen LogP contribution in [0.5, 0.6) is 0 Å². The molecular formula is C22H25ClN4O2S2. The molecule has 1 N–H and O–H groups in total. The molecule has 5 rings (SSSR count). The van der Waals surface area contributed by atoms with E-state index in [0.717, 1.165) is 49.6 Å².